The van der Waals surface area contributed by atoms with Gasteiger partial charge in [-0.05, 0) is 18.1 Å². The number of fused-ring (bicyclic) bond motifs is 1. The van der Waals surface area contributed by atoms with Crippen LogP contribution in [0.2, 0.25) is 0 Å². The molecule has 92 valence electrons. The minimum absolute atomic E-state index is 0.145. The number of benzene rings is 1. The van der Waals surface area contributed by atoms with E-state index in [2.05, 4.69) is 18.8 Å². The molecule has 1 unspecified atom stereocenters. The summed E-state index contributed by atoms with van der Waals surface area (Å²) < 4.78 is 11.0. The molecule has 2 N–H and O–H groups in total. The Hall–Kier alpha value is -1.55. The summed E-state index contributed by atoms with van der Waals surface area (Å²) in [5.41, 5.74) is 7.28. The van der Waals surface area contributed by atoms with Gasteiger partial charge >= 0.3 is 0 Å². The minimum atomic E-state index is 0.145. The molecule has 17 heavy (non-hydrogen) atoms. The van der Waals surface area contributed by atoms with Gasteiger partial charge in [-0.1, -0.05) is 19.9 Å². The highest BCUT2D eigenvalue weighted by Crippen LogP contribution is 2.30. The molecular formula is C13H18N2O2. The van der Waals surface area contributed by atoms with Crippen molar-refractivity contribution in [3.05, 3.63) is 24.1 Å². The lowest BCUT2D eigenvalue weighted by Gasteiger charge is -2.13. The first-order chi connectivity index (χ1) is 8.17. The average Bonchev–Trinajstić information content (AvgIpc) is 2.72. The Morgan fingerprint density at radius 3 is 2.76 bits per heavy atom. The zero-order chi connectivity index (χ0) is 12.4. The number of nitrogens with zero attached hydrogens (tertiary/aromatic N) is 1. The molecule has 0 aliphatic rings. The number of para-hydroxylation sites is 1. The van der Waals surface area contributed by atoms with Crippen molar-refractivity contribution >= 4 is 11.1 Å². The fraction of sp³-hybridized carbons (Fsp3) is 0.462. The van der Waals surface area contributed by atoms with Crippen molar-refractivity contribution in [2.45, 2.75) is 19.8 Å². The Balaban J connectivity index is 2.50. The predicted molar refractivity (Wildman–Crippen MR) is 67.2 cm³/mol. The predicted octanol–water partition coefficient (Wildman–Crippen LogP) is 2.53. The first-order valence-electron chi connectivity index (χ1n) is 5.81. The lowest BCUT2D eigenvalue weighted by atomic mass is 9.96. The van der Waals surface area contributed by atoms with Crippen LogP contribution in [0.3, 0.4) is 0 Å². The maximum Gasteiger partial charge on any atom is 0.200 e. The van der Waals surface area contributed by atoms with E-state index in [4.69, 9.17) is 14.9 Å². The summed E-state index contributed by atoms with van der Waals surface area (Å²) in [6.45, 7) is 4.76. The number of hydrogen-bond acceptors (Lipinski definition) is 4. The van der Waals surface area contributed by atoms with E-state index in [0.29, 0.717) is 18.4 Å². The van der Waals surface area contributed by atoms with Crippen LogP contribution in [0.1, 0.15) is 25.7 Å². The van der Waals surface area contributed by atoms with Gasteiger partial charge in [-0.15, -0.1) is 0 Å². The van der Waals surface area contributed by atoms with E-state index in [9.17, 15) is 0 Å². The van der Waals surface area contributed by atoms with Crippen LogP contribution in [0.15, 0.2) is 22.6 Å². The molecule has 0 bridgehead atoms. The van der Waals surface area contributed by atoms with Gasteiger partial charge in [-0.25, -0.2) is 4.98 Å². The van der Waals surface area contributed by atoms with Crippen molar-refractivity contribution in [2.24, 2.45) is 11.7 Å². The summed E-state index contributed by atoms with van der Waals surface area (Å²) >= 11 is 0. The Kier molecular flexibility index (Phi) is 3.33. The number of aromatic nitrogens is 1. The molecular weight excluding hydrogens is 216 g/mol. The number of oxazole rings is 1. The SMILES string of the molecule is COc1cccc2oc(C(CN)C(C)C)nc12. The largest absolute Gasteiger partial charge is 0.494 e. The van der Waals surface area contributed by atoms with Gasteiger partial charge in [-0.2, -0.15) is 0 Å². The van der Waals surface area contributed by atoms with Gasteiger partial charge in [0.25, 0.3) is 0 Å². The first kappa shape index (κ1) is 11.9. The Labute approximate surface area is 101 Å². The molecule has 4 nitrogen and oxygen atoms in total. The summed E-state index contributed by atoms with van der Waals surface area (Å²) in [6, 6.07) is 5.66. The molecule has 0 aliphatic heterocycles. The van der Waals surface area contributed by atoms with E-state index in [1.54, 1.807) is 7.11 Å². The number of rotatable bonds is 4. The molecule has 0 saturated carbocycles. The first-order valence-corrected chi connectivity index (χ1v) is 5.81. The summed E-state index contributed by atoms with van der Waals surface area (Å²) in [5, 5.41) is 0. The minimum Gasteiger partial charge on any atom is -0.494 e. The molecule has 0 saturated heterocycles. The van der Waals surface area contributed by atoms with Gasteiger partial charge in [0.05, 0.1) is 13.0 Å². The summed E-state index contributed by atoms with van der Waals surface area (Å²) in [4.78, 5) is 4.50. The smallest absolute Gasteiger partial charge is 0.200 e. The van der Waals surface area contributed by atoms with Crippen LogP contribution >= 0.6 is 0 Å². The lowest BCUT2D eigenvalue weighted by molar-refractivity contribution is 0.400. The van der Waals surface area contributed by atoms with Crippen molar-refractivity contribution in [2.75, 3.05) is 13.7 Å². The molecule has 0 radical (unpaired) electrons. The Bertz CT molecular complexity index is 505. The molecule has 0 aliphatic carbocycles. The number of methoxy groups -OCH3 is 1. The summed E-state index contributed by atoms with van der Waals surface area (Å²) in [5.74, 6) is 1.98. The van der Waals surface area contributed by atoms with Crippen LogP contribution < -0.4 is 10.5 Å². The highest BCUT2D eigenvalue weighted by atomic mass is 16.5. The van der Waals surface area contributed by atoms with E-state index in [-0.39, 0.29) is 5.92 Å². The molecule has 2 aromatic rings. The third-order valence-corrected chi connectivity index (χ3v) is 2.99. The average molecular weight is 234 g/mol. The lowest BCUT2D eigenvalue weighted by Crippen LogP contribution is -2.17. The second-order valence-electron chi connectivity index (χ2n) is 4.45. The molecule has 1 aromatic heterocycles. The molecule has 0 fully saturated rings. The molecule has 4 heteroatoms. The van der Waals surface area contributed by atoms with Crippen LogP contribution in [0.25, 0.3) is 11.1 Å². The van der Waals surface area contributed by atoms with Crippen molar-refractivity contribution < 1.29 is 9.15 Å². The fourth-order valence-corrected chi connectivity index (χ4v) is 1.92. The number of hydrogen-bond donors (Lipinski definition) is 1. The molecule has 0 spiro atoms. The van der Waals surface area contributed by atoms with Gasteiger partial charge in [-0.3, -0.25) is 0 Å². The van der Waals surface area contributed by atoms with Gasteiger partial charge in [0.15, 0.2) is 17.0 Å². The third kappa shape index (κ3) is 2.13. The molecule has 1 heterocycles. The molecule has 1 aromatic carbocycles. The van der Waals surface area contributed by atoms with Crippen LogP contribution in [-0.4, -0.2) is 18.6 Å². The monoisotopic (exact) mass is 234 g/mol. The van der Waals surface area contributed by atoms with Crippen LogP contribution in [0.5, 0.6) is 5.75 Å². The maximum absolute atomic E-state index is 5.77. The maximum atomic E-state index is 5.77. The highest BCUT2D eigenvalue weighted by Gasteiger charge is 2.21. The summed E-state index contributed by atoms with van der Waals surface area (Å²) in [7, 11) is 1.63. The van der Waals surface area contributed by atoms with Crippen molar-refractivity contribution in [3.63, 3.8) is 0 Å². The van der Waals surface area contributed by atoms with Crippen LogP contribution in [0, 0.1) is 5.92 Å². The second kappa shape index (κ2) is 4.75. The van der Waals surface area contributed by atoms with Crippen LogP contribution in [0.4, 0.5) is 0 Å². The standard InChI is InChI=1S/C13H18N2O2/c1-8(2)9(7-14)13-15-12-10(16-3)5-4-6-11(12)17-13/h4-6,8-9H,7,14H2,1-3H3. The highest BCUT2D eigenvalue weighted by molar-refractivity contribution is 5.79. The normalized spacial score (nSPS) is 13.2. The van der Waals surface area contributed by atoms with Crippen molar-refractivity contribution in [3.8, 4) is 5.75 Å². The zero-order valence-electron chi connectivity index (χ0n) is 10.4. The Morgan fingerprint density at radius 2 is 2.18 bits per heavy atom. The summed E-state index contributed by atoms with van der Waals surface area (Å²) in [6.07, 6.45) is 0. The van der Waals surface area contributed by atoms with Crippen LogP contribution in [-0.2, 0) is 0 Å². The number of nitrogens with two attached hydrogens (primary N) is 1. The van der Waals surface area contributed by atoms with E-state index in [0.717, 1.165) is 16.8 Å². The molecule has 0 amide bonds. The van der Waals surface area contributed by atoms with Gasteiger partial charge in [0.2, 0.25) is 0 Å². The van der Waals surface area contributed by atoms with Crippen molar-refractivity contribution in [1.82, 2.24) is 4.98 Å². The molecule has 2 rings (SSSR count). The zero-order valence-corrected chi connectivity index (χ0v) is 10.4. The third-order valence-electron chi connectivity index (χ3n) is 2.99. The second-order valence-corrected chi connectivity index (χ2v) is 4.45. The van der Waals surface area contributed by atoms with Gasteiger partial charge in [0, 0.05) is 6.54 Å². The van der Waals surface area contributed by atoms with Crippen molar-refractivity contribution in [1.29, 1.82) is 0 Å². The quantitative estimate of drug-likeness (QED) is 0.883. The van der Waals surface area contributed by atoms with Gasteiger partial charge < -0.3 is 14.9 Å². The number of ether oxygens (including phenoxy) is 1. The molecule has 1 atom stereocenters. The van der Waals surface area contributed by atoms with E-state index >= 15 is 0 Å². The van der Waals surface area contributed by atoms with Gasteiger partial charge in [0.1, 0.15) is 5.75 Å². The van der Waals surface area contributed by atoms with E-state index in [1.807, 2.05) is 18.2 Å². The topological polar surface area (TPSA) is 61.3 Å². The Morgan fingerprint density at radius 1 is 1.41 bits per heavy atom. The van der Waals surface area contributed by atoms with E-state index in [1.165, 1.54) is 0 Å². The fourth-order valence-electron chi connectivity index (χ4n) is 1.92. The van der Waals surface area contributed by atoms with E-state index < -0.39 is 0 Å².